The van der Waals surface area contributed by atoms with Gasteiger partial charge in [0, 0.05) is 11.5 Å². The van der Waals surface area contributed by atoms with Crippen molar-refractivity contribution in [2.24, 2.45) is 5.73 Å². The Morgan fingerprint density at radius 1 is 1.43 bits per heavy atom. The Kier molecular flexibility index (Phi) is 3.32. The molecule has 0 spiro atoms. The number of rotatable bonds is 2. The van der Waals surface area contributed by atoms with Gasteiger partial charge in [0.15, 0.2) is 0 Å². The average Bonchev–Trinajstić information content (AvgIpc) is 2.09. The van der Waals surface area contributed by atoms with E-state index in [0.29, 0.717) is 4.47 Å². The van der Waals surface area contributed by atoms with Crippen LogP contribution in [0.2, 0.25) is 0 Å². The minimum atomic E-state index is -0.240. The Morgan fingerprint density at radius 2 is 2.00 bits per heavy atom. The van der Waals surface area contributed by atoms with E-state index in [0.717, 1.165) is 5.56 Å². The van der Waals surface area contributed by atoms with Crippen LogP contribution in [0.25, 0.3) is 0 Å². The van der Waals surface area contributed by atoms with E-state index in [2.05, 4.69) is 15.9 Å². The third-order valence-electron chi connectivity index (χ3n) is 2.80. The molecule has 0 aliphatic heterocycles. The summed E-state index contributed by atoms with van der Waals surface area (Å²) in [6.45, 7) is 5.96. The SMILES string of the molecule is CC(N)C(C)(C)c1ccc(Br)c(F)c1. The normalized spacial score (nSPS) is 14.1. The molecular weight excluding hydrogens is 245 g/mol. The number of nitrogens with two attached hydrogens (primary N) is 1. The van der Waals surface area contributed by atoms with Crippen molar-refractivity contribution < 1.29 is 4.39 Å². The Labute approximate surface area is 92.6 Å². The van der Waals surface area contributed by atoms with Crippen LogP contribution < -0.4 is 5.73 Å². The lowest BCUT2D eigenvalue weighted by atomic mass is 9.79. The van der Waals surface area contributed by atoms with Crippen LogP contribution in [0.4, 0.5) is 4.39 Å². The first kappa shape index (κ1) is 11.7. The van der Waals surface area contributed by atoms with Crippen LogP contribution in [-0.4, -0.2) is 6.04 Å². The van der Waals surface area contributed by atoms with Crippen molar-refractivity contribution in [2.45, 2.75) is 32.2 Å². The molecule has 1 atom stereocenters. The van der Waals surface area contributed by atoms with Gasteiger partial charge in [-0.1, -0.05) is 19.9 Å². The van der Waals surface area contributed by atoms with Crippen molar-refractivity contribution in [1.29, 1.82) is 0 Å². The molecule has 0 fully saturated rings. The lowest BCUT2D eigenvalue weighted by molar-refractivity contribution is 0.431. The fourth-order valence-electron chi connectivity index (χ4n) is 1.16. The van der Waals surface area contributed by atoms with E-state index in [1.54, 1.807) is 6.07 Å². The van der Waals surface area contributed by atoms with E-state index in [4.69, 9.17) is 5.73 Å². The highest BCUT2D eigenvalue weighted by molar-refractivity contribution is 9.10. The topological polar surface area (TPSA) is 26.0 Å². The molecule has 3 heteroatoms. The first-order valence-electron chi connectivity index (χ1n) is 4.57. The first-order chi connectivity index (χ1) is 6.35. The largest absolute Gasteiger partial charge is 0.327 e. The zero-order chi connectivity index (χ0) is 10.9. The fourth-order valence-corrected chi connectivity index (χ4v) is 1.41. The van der Waals surface area contributed by atoms with E-state index >= 15 is 0 Å². The molecule has 1 nitrogen and oxygen atoms in total. The lowest BCUT2D eigenvalue weighted by Crippen LogP contribution is -2.38. The molecule has 14 heavy (non-hydrogen) atoms. The molecular formula is C11H15BrFN. The molecule has 1 rings (SSSR count). The van der Waals surface area contributed by atoms with Gasteiger partial charge in [-0.05, 0) is 40.5 Å². The van der Waals surface area contributed by atoms with Gasteiger partial charge in [0.05, 0.1) is 4.47 Å². The van der Waals surface area contributed by atoms with E-state index in [1.807, 2.05) is 26.8 Å². The van der Waals surface area contributed by atoms with Crippen molar-refractivity contribution in [1.82, 2.24) is 0 Å². The molecule has 0 bridgehead atoms. The summed E-state index contributed by atoms with van der Waals surface area (Å²) in [7, 11) is 0. The summed E-state index contributed by atoms with van der Waals surface area (Å²) in [5, 5.41) is 0. The quantitative estimate of drug-likeness (QED) is 0.868. The van der Waals surface area contributed by atoms with Crippen LogP contribution in [0, 0.1) is 5.82 Å². The molecule has 1 aromatic carbocycles. The summed E-state index contributed by atoms with van der Waals surface area (Å²) in [6.07, 6.45) is 0. The van der Waals surface area contributed by atoms with Crippen LogP contribution in [0.3, 0.4) is 0 Å². The molecule has 0 heterocycles. The van der Waals surface area contributed by atoms with Crippen molar-refractivity contribution in [2.75, 3.05) is 0 Å². The van der Waals surface area contributed by atoms with Gasteiger partial charge in [-0.25, -0.2) is 4.39 Å². The van der Waals surface area contributed by atoms with Gasteiger partial charge in [-0.15, -0.1) is 0 Å². The second-order valence-corrected chi connectivity index (χ2v) is 4.99. The summed E-state index contributed by atoms with van der Waals surface area (Å²) >= 11 is 3.13. The Hall–Kier alpha value is -0.410. The molecule has 2 N–H and O–H groups in total. The first-order valence-corrected chi connectivity index (χ1v) is 5.36. The molecule has 0 saturated heterocycles. The predicted molar refractivity (Wildman–Crippen MR) is 60.8 cm³/mol. The van der Waals surface area contributed by atoms with E-state index in [1.165, 1.54) is 6.07 Å². The standard InChI is InChI=1S/C11H15BrFN/c1-7(14)11(2,3)8-4-5-9(12)10(13)6-8/h4-7H,14H2,1-3H3. The monoisotopic (exact) mass is 259 g/mol. The van der Waals surface area contributed by atoms with Gasteiger partial charge >= 0.3 is 0 Å². The molecule has 0 radical (unpaired) electrons. The summed E-state index contributed by atoms with van der Waals surface area (Å²) < 4.78 is 13.8. The summed E-state index contributed by atoms with van der Waals surface area (Å²) in [4.78, 5) is 0. The highest BCUT2D eigenvalue weighted by Gasteiger charge is 2.25. The summed E-state index contributed by atoms with van der Waals surface area (Å²) in [5.41, 5.74) is 6.57. The van der Waals surface area contributed by atoms with Gasteiger partial charge in [0.1, 0.15) is 5.82 Å². The van der Waals surface area contributed by atoms with E-state index in [9.17, 15) is 4.39 Å². The minimum absolute atomic E-state index is 0.0110. The van der Waals surface area contributed by atoms with E-state index < -0.39 is 0 Å². The van der Waals surface area contributed by atoms with Gasteiger partial charge in [-0.3, -0.25) is 0 Å². The van der Waals surface area contributed by atoms with E-state index in [-0.39, 0.29) is 17.3 Å². The van der Waals surface area contributed by atoms with Crippen molar-refractivity contribution in [3.63, 3.8) is 0 Å². The second kappa shape index (κ2) is 3.99. The van der Waals surface area contributed by atoms with Crippen molar-refractivity contribution >= 4 is 15.9 Å². The van der Waals surface area contributed by atoms with Crippen LogP contribution in [0.5, 0.6) is 0 Å². The van der Waals surface area contributed by atoms with Gasteiger partial charge in [0.2, 0.25) is 0 Å². The molecule has 1 aromatic rings. The maximum absolute atomic E-state index is 13.3. The van der Waals surface area contributed by atoms with Crippen LogP contribution >= 0.6 is 15.9 Å². The Bertz CT molecular complexity index is 334. The number of hydrogen-bond donors (Lipinski definition) is 1. The highest BCUT2D eigenvalue weighted by Crippen LogP contribution is 2.28. The van der Waals surface area contributed by atoms with Gasteiger partial charge < -0.3 is 5.73 Å². The molecule has 0 saturated carbocycles. The smallest absolute Gasteiger partial charge is 0.137 e. The number of benzene rings is 1. The van der Waals surface area contributed by atoms with Gasteiger partial charge in [-0.2, -0.15) is 0 Å². The third-order valence-corrected chi connectivity index (χ3v) is 3.45. The van der Waals surface area contributed by atoms with Crippen molar-refractivity contribution in [3.8, 4) is 0 Å². The summed E-state index contributed by atoms with van der Waals surface area (Å²) in [5.74, 6) is -0.240. The fraction of sp³-hybridized carbons (Fsp3) is 0.455. The third kappa shape index (κ3) is 2.15. The average molecular weight is 260 g/mol. The number of hydrogen-bond acceptors (Lipinski definition) is 1. The van der Waals surface area contributed by atoms with Crippen LogP contribution in [-0.2, 0) is 5.41 Å². The van der Waals surface area contributed by atoms with Gasteiger partial charge in [0.25, 0.3) is 0 Å². The van der Waals surface area contributed by atoms with Crippen LogP contribution in [0.15, 0.2) is 22.7 Å². The molecule has 1 unspecified atom stereocenters. The zero-order valence-corrected chi connectivity index (χ0v) is 10.2. The zero-order valence-electron chi connectivity index (χ0n) is 8.64. The molecule has 0 amide bonds. The lowest BCUT2D eigenvalue weighted by Gasteiger charge is -2.29. The number of halogens is 2. The minimum Gasteiger partial charge on any atom is -0.327 e. The Morgan fingerprint density at radius 3 is 2.43 bits per heavy atom. The molecule has 78 valence electrons. The van der Waals surface area contributed by atoms with Crippen LogP contribution in [0.1, 0.15) is 26.3 Å². The second-order valence-electron chi connectivity index (χ2n) is 4.14. The molecule has 0 aliphatic carbocycles. The molecule has 0 aliphatic rings. The summed E-state index contributed by atoms with van der Waals surface area (Å²) in [6, 6.07) is 5.14. The predicted octanol–water partition coefficient (Wildman–Crippen LogP) is 3.21. The molecule has 0 aromatic heterocycles. The van der Waals surface area contributed by atoms with Crippen molar-refractivity contribution in [3.05, 3.63) is 34.1 Å². The Balaban J connectivity index is 3.14. The maximum atomic E-state index is 13.3. The highest BCUT2D eigenvalue weighted by atomic mass is 79.9. The maximum Gasteiger partial charge on any atom is 0.137 e.